The van der Waals surface area contributed by atoms with Crippen molar-refractivity contribution in [2.45, 2.75) is 33.7 Å². The van der Waals surface area contributed by atoms with Crippen LogP contribution in [0.5, 0.6) is 0 Å². The summed E-state index contributed by atoms with van der Waals surface area (Å²) in [5.74, 6) is -0.237. The Labute approximate surface area is 131 Å². The predicted molar refractivity (Wildman–Crippen MR) is 88.3 cm³/mol. The molecule has 0 aliphatic rings. The van der Waals surface area contributed by atoms with E-state index in [0.29, 0.717) is 10.6 Å². The minimum atomic E-state index is -0.237. The van der Waals surface area contributed by atoms with E-state index < -0.39 is 0 Å². The maximum absolute atomic E-state index is 14.2. The van der Waals surface area contributed by atoms with Crippen molar-refractivity contribution in [2.75, 3.05) is 6.54 Å². The summed E-state index contributed by atoms with van der Waals surface area (Å²) >= 11 is 6.30. The smallest absolute Gasteiger partial charge is 0.131 e. The summed E-state index contributed by atoms with van der Waals surface area (Å²) in [5.41, 5.74) is 4.62. The lowest BCUT2D eigenvalue weighted by molar-refractivity contribution is 0.628. The fourth-order valence-electron chi connectivity index (χ4n) is 2.29. The van der Waals surface area contributed by atoms with E-state index in [2.05, 4.69) is 12.2 Å². The van der Waals surface area contributed by atoms with Gasteiger partial charge in [0, 0.05) is 22.7 Å². The lowest BCUT2D eigenvalue weighted by Crippen LogP contribution is -2.13. The van der Waals surface area contributed by atoms with Crippen LogP contribution in [0.1, 0.15) is 30.0 Å². The molecule has 0 heterocycles. The molecular weight excluding hydrogens is 285 g/mol. The Balaban J connectivity index is 2.39. The summed E-state index contributed by atoms with van der Waals surface area (Å²) in [6.07, 6.45) is 1.08. The van der Waals surface area contributed by atoms with Crippen LogP contribution in [-0.4, -0.2) is 6.54 Å². The highest BCUT2D eigenvalue weighted by Gasteiger charge is 2.11. The van der Waals surface area contributed by atoms with Crippen LogP contribution < -0.4 is 5.32 Å². The van der Waals surface area contributed by atoms with E-state index in [1.54, 1.807) is 0 Å². The van der Waals surface area contributed by atoms with Gasteiger partial charge in [-0.1, -0.05) is 24.6 Å². The van der Waals surface area contributed by atoms with Crippen molar-refractivity contribution in [3.8, 4) is 11.1 Å². The third-order valence-electron chi connectivity index (χ3n) is 3.66. The van der Waals surface area contributed by atoms with E-state index in [0.717, 1.165) is 41.8 Å². The summed E-state index contributed by atoms with van der Waals surface area (Å²) in [5, 5.41) is 3.92. The normalized spacial score (nSPS) is 10.9. The molecule has 1 N–H and O–H groups in total. The number of halogens is 2. The molecule has 2 aromatic rings. The van der Waals surface area contributed by atoms with Gasteiger partial charge >= 0.3 is 0 Å². The number of hydrogen-bond donors (Lipinski definition) is 1. The van der Waals surface area contributed by atoms with Gasteiger partial charge in [0.05, 0.1) is 0 Å². The Bertz CT molecular complexity index is 637. The van der Waals surface area contributed by atoms with Crippen LogP contribution in [-0.2, 0) is 6.54 Å². The molecule has 0 aromatic heterocycles. The van der Waals surface area contributed by atoms with Crippen LogP contribution in [0.3, 0.4) is 0 Å². The van der Waals surface area contributed by atoms with Gasteiger partial charge in [0.2, 0.25) is 0 Å². The van der Waals surface area contributed by atoms with E-state index in [1.807, 2.05) is 38.1 Å². The fourth-order valence-corrected chi connectivity index (χ4v) is 2.61. The summed E-state index contributed by atoms with van der Waals surface area (Å²) < 4.78 is 14.2. The number of hydrogen-bond acceptors (Lipinski definition) is 1. The summed E-state index contributed by atoms with van der Waals surface area (Å²) in [4.78, 5) is 0. The van der Waals surface area contributed by atoms with Gasteiger partial charge in [-0.05, 0) is 67.8 Å². The molecule has 0 atom stereocenters. The van der Waals surface area contributed by atoms with Crippen molar-refractivity contribution in [3.05, 3.63) is 57.9 Å². The molecule has 0 saturated heterocycles. The van der Waals surface area contributed by atoms with Gasteiger partial charge in [-0.2, -0.15) is 0 Å². The maximum Gasteiger partial charge on any atom is 0.131 e. The van der Waals surface area contributed by atoms with Crippen LogP contribution in [0.15, 0.2) is 30.3 Å². The number of aryl methyl sites for hydroxylation is 2. The first-order chi connectivity index (χ1) is 10.0. The molecule has 0 amide bonds. The SMILES string of the molecule is CCCNCc1ccc(F)c(-c2cc(C)c(C)cc2Cl)c1. The second-order valence-corrected chi connectivity index (χ2v) is 5.81. The molecule has 0 radical (unpaired) electrons. The zero-order chi connectivity index (χ0) is 15.4. The van der Waals surface area contributed by atoms with Gasteiger partial charge in [-0.15, -0.1) is 0 Å². The largest absolute Gasteiger partial charge is 0.313 e. The summed E-state index contributed by atoms with van der Waals surface area (Å²) in [6, 6.07) is 9.07. The first-order valence-electron chi connectivity index (χ1n) is 7.29. The van der Waals surface area contributed by atoms with Crippen molar-refractivity contribution in [1.82, 2.24) is 5.32 Å². The Morgan fingerprint density at radius 3 is 2.48 bits per heavy atom. The molecule has 2 rings (SSSR count). The van der Waals surface area contributed by atoms with Gasteiger partial charge in [0.1, 0.15) is 5.82 Å². The molecule has 0 aliphatic heterocycles. The summed E-state index contributed by atoms with van der Waals surface area (Å²) in [7, 11) is 0. The minimum Gasteiger partial charge on any atom is -0.313 e. The van der Waals surface area contributed by atoms with Gasteiger partial charge in [-0.3, -0.25) is 0 Å². The lowest BCUT2D eigenvalue weighted by Gasteiger charge is -2.12. The van der Waals surface area contributed by atoms with E-state index in [4.69, 9.17) is 11.6 Å². The van der Waals surface area contributed by atoms with Crippen LogP contribution in [0.2, 0.25) is 5.02 Å². The van der Waals surface area contributed by atoms with Crippen molar-refractivity contribution >= 4 is 11.6 Å². The molecule has 0 spiro atoms. The average molecular weight is 306 g/mol. The highest BCUT2D eigenvalue weighted by Crippen LogP contribution is 2.32. The van der Waals surface area contributed by atoms with E-state index in [9.17, 15) is 4.39 Å². The predicted octanol–water partition coefficient (Wildman–Crippen LogP) is 5.26. The number of rotatable bonds is 5. The molecular formula is C18H21ClFN. The zero-order valence-corrected chi connectivity index (χ0v) is 13.5. The second-order valence-electron chi connectivity index (χ2n) is 5.41. The molecule has 2 aromatic carbocycles. The van der Waals surface area contributed by atoms with Gasteiger partial charge in [0.15, 0.2) is 0 Å². The third kappa shape index (κ3) is 3.84. The zero-order valence-electron chi connectivity index (χ0n) is 12.8. The topological polar surface area (TPSA) is 12.0 Å². The quantitative estimate of drug-likeness (QED) is 0.743. The Kier molecular flexibility index (Phi) is 5.38. The van der Waals surface area contributed by atoms with Crippen molar-refractivity contribution in [3.63, 3.8) is 0 Å². The molecule has 112 valence electrons. The Morgan fingerprint density at radius 2 is 1.76 bits per heavy atom. The van der Waals surface area contributed by atoms with Crippen LogP contribution in [0, 0.1) is 19.7 Å². The van der Waals surface area contributed by atoms with Gasteiger partial charge in [-0.25, -0.2) is 4.39 Å². The lowest BCUT2D eigenvalue weighted by atomic mass is 9.98. The number of nitrogens with one attached hydrogen (secondary N) is 1. The Morgan fingerprint density at radius 1 is 1.05 bits per heavy atom. The standard InChI is InChI=1S/C18H21ClFN/c1-4-7-21-11-14-5-6-18(20)16(10-14)15-8-12(2)13(3)9-17(15)19/h5-6,8-10,21H,4,7,11H2,1-3H3. The third-order valence-corrected chi connectivity index (χ3v) is 3.97. The van der Waals surface area contributed by atoms with Crippen LogP contribution in [0.25, 0.3) is 11.1 Å². The first-order valence-corrected chi connectivity index (χ1v) is 7.67. The summed E-state index contributed by atoms with van der Waals surface area (Å²) in [6.45, 7) is 7.84. The first kappa shape index (κ1) is 16.0. The van der Waals surface area contributed by atoms with Crippen molar-refractivity contribution < 1.29 is 4.39 Å². The highest BCUT2D eigenvalue weighted by molar-refractivity contribution is 6.33. The van der Waals surface area contributed by atoms with Crippen molar-refractivity contribution in [1.29, 1.82) is 0 Å². The van der Waals surface area contributed by atoms with E-state index >= 15 is 0 Å². The molecule has 0 aliphatic carbocycles. The highest BCUT2D eigenvalue weighted by atomic mass is 35.5. The van der Waals surface area contributed by atoms with E-state index in [1.165, 1.54) is 6.07 Å². The molecule has 3 heteroatoms. The molecule has 0 bridgehead atoms. The molecule has 1 nitrogen and oxygen atoms in total. The van der Waals surface area contributed by atoms with E-state index in [-0.39, 0.29) is 5.82 Å². The van der Waals surface area contributed by atoms with Crippen molar-refractivity contribution in [2.24, 2.45) is 0 Å². The van der Waals surface area contributed by atoms with Crippen LogP contribution >= 0.6 is 11.6 Å². The monoisotopic (exact) mass is 305 g/mol. The molecule has 0 fully saturated rings. The fraction of sp³-hybridized carbons (Fsp3) is 0.333. The number of benzene rings is 2. The minimum absolute atomic E-state index is 0.237. The maximum atomic E-state index is 14.2. The molecule has 0 saturated carbocycles. The Hall–Kier alpha value is -1.38. The van der Waals surface area contributed by atoms with Crippen LogP contribution in [0.4, 0.5) is 4.39 Å². The molecule has 21 heavy (non-hydrogen) atoms. The van der Waals surface area contributed by atoms with Gasteiger partial charge < -0.3 is 5.32 Å². The average Bonchev–Trinajstić information content (AvgIpc) is 2.45. The second kappa shape index (κ2) is 7.06. The molecule has 0 unspecified atom stereocenters. The van der Waals surface area contributed by atoms with Gasteiger partial charge in [0.25, 0.3) is 0 Å².